The summed E-state index contributed by atoms with van der Waals surface area (Å²) in [6.45, 7) is 7.67. The number of carbonyl (C=O) groups excluding carboxylic acids is 3. The average Bonchev–Trinajstić information content (AvgIpc) is 3.44. The van der Waals surface area contributed by atoms with E-state index in [1.54, 1.807) is 31.4 Å². The molecule has 1 heterocycles. The van der Waals surface area contributed by atoms with E-state index in [4.69, 9.17) is 22.7 Å². The molecular weight excluding hydrogens is 657 g/mol. The number of ether oxygens (including phenoxy) is 1. The molecule has 7 N–H and O–H groups in total. The molecule has 2 unspecified atom stereocenters. The maximum atomic E-state index is 14.3. The smallest absolute Gasteiger partial charge is 0.418 e. The zero-order valence-electron chi connectivity index (χ0n) is 28.3. The van der Waals surface area contributed by atoms with Gasteiger partial charge in [0.25, 0.3) is 0 Å². The van der Waals surface area contributed by atoms with Gasteiger partial charge in [-0.25, -0.2) is 4.79 Å². The van der Waals surface area contributed by atoms with E-state index in [0.717, 1.165) is 11.6 Å². The molecule has 2 aromatic carbocycles. The van der Waals surface area contributed by atoms with Gasteiger partial charge < -0.3 is 36.7 Å². The first-order chi connectivity index (χ1) is 23.1. The van der Waals surface area contributed by atoms with Crippen molar-refractivity contribution >= 4 is 46.0 Å². The van der Waals surface area contributed by atoms with Crippen molar-refractivity contribution in [2.75, 3.05) is 7.11 Å². The lowest BCUT2D eigenvalue weighted by Gasteiger charge is -2.40. The van der Waals surface area contributed by atoms with Gasteiger partial charge in [0, 0.05) is 24.0 Å². The number of amides is 4. The summed E-state index contributed by atoms with van der Waals surface area (Å²) >= 11 is 5.28. The van der Waals surface area contributed by atoms with Gasteiger partial charge in [-0.15, -0.1) is 0 Å². The highest BCUT2D eigenvalue weighted by Gasteiger charge is 2.47. The summed E-state index contributed by atoms with van der Waals surface area (Å²) in [5, 5.41) is 11.7. The van der Waals surface area contributed by atoms with Crippen molar-refractivity contribution < 1.29 is 32.3 Å². The third kappa shape index (κ3) is 8.46. The molecule has 10 nitrogen and oxygen atoms in total. The highest BCUT2D eigenvalue weighted by molar-refractivity contribution is 7.80. The summed E-state index contributed by atoms with van der Waals surface area (Å²) < 4.78 is 47.1. The molecule has 4 amide bonds. The Labute approximate surface area is 289 Å². The number of aromatic nitrogens is 1. The quantitative estimate of drug-likeness (QED) is 0.134. The maximum absolute atomic E-state index is 14.3. The number of aromatic amines is 1. The van der Waals surface area contributed by atoms with Crippen LogP contribution in [0, 0.1) is 11.8 Å². The van der Waals surface area contributed by atoms with Gasteiger partial charge in [-0.2, -0.15) is 13.2 Å². The third-order valence-electron chi connectivity index (χ3n) is 9.59. The Hall–Kier alpha value is -4.33. The lowest BCUT2D eigenvalue weighted by molar-refractivity contribution is -0.136. The van der Waals surface area contributed by atoms with Gasteiger partial charge in [0.15, 0.2) is 0 Å². The predicted molar refractivity (Wildman–Crippen MR) is 186 cm³/mol. The van der Waals surface area contributed by atoms with Crippen molar-refractivity contribution in [3.05, 3.63) is 64.8 Å². The summed E-state index contributed by atoms with van der Waals surface area (Å²) in [4.78, 5) is 44.6. The topological polar surface area (TPSA) is 150 Å². The van der Waals surface area contributed by atoms with Crippen molar-refractivity contribution in [1.29, 1.82) is 0 Å². The van der Waals surface area contributed by atoms with Gasteiger partial charge in [0.1, 0.15) is 17.3 Å². The lowest BCUT2D eigenvalue weighted by atomic mass is 9.78. The van der Waals surface area contributed by atoms with Gasteiger partial charge in [-0.05, 0) is 54.0 Å². The molecule has 1 aromatic heterocycles. The molecule has 0 fully saturated rings. The van der Waals surface area contributed by atoms with Crippen LogP contribution in [-0.2, 0) is 35.2 Å². The first-order valence-electron chi connectivity index (χ1n) is 16.4. The molecule has 0 saturated carbocycles. The van der Waals surface area contributed by atoms with Gasteiger partial charge >= 0.3 is 12.2 Å². The second-order valence-electron chi connectivity index (χ2n) is 12.8. The fraction of sp³-hybridized carbons (Fsp3) is 0.486. The number of methoxy groups -OCH3 is 1. The highest BCUT2D eigenvalue weighted by atomic mass is 32.1. The molecule has 5 atom stereocenters. The number of rotatable bonds is 13. The van der Waals surface area contributed by atoms with E-state index in [1.165, 1.54) is 6.07 Å². The third-order valence-corrected chi connectivity index (χ3v) is 9.84. The molecule has 1 aliphatic carbocycles. The Morgan fingerprint density at radius 3 is 2.35 bits per heavy atom. The van der Waals surface area contributed by atoms with Gasteiger partial charge in [0.2, 0.25) is 11.8 Å². The van der Waals surface area contributed by atoms with E-state index in [9.17, 15) is 27.6 Å². The van der Waals surface area contributed by atoms with Crippen LogP contribution >= 0.6 is 12.2 Å². The van der Waals surface area contributed by atoms with E-state index in [1.807, 2.05) is 33.8 Å². The van der Waals surface area contributed by atoms with E-state index >= 15 is 0 Å². The summed E-state index contributed by atoms with van der Waals surface area (Å²) in [6, 6.07) is 8.77. The highest BCUT2D eigenvalue weighted by Crippen LogP contribution is 2.40. The zero-order chi connectivity index (χ0) is 36.1. The molecule has 3 aromatic rings. The van der Waals surface area contributed by atoms with Crippen LogP contribution < -0.4 is 31.7 Å². The second kappa shape index (κ2) is 15.5. The number of nitrogens with two attached hydrogens (primary N) is 1. The molecule has 1 aliphatic rings. The van der Waals surface area contributed by atoms with Gasteiger partial charge in [-0.1, -0.05) is 77.0 Å². The normalized spacial score (nSPS) is 18.4. The Bertz CT molecular complexity index is 1700. The van der Waals surface area contributed by atoms with Crippen molar-refractivity contribution in [2.45, 2.75) is 90.1 Å². The number of nitrogens with one attached hydrogen (secondary N) is 5. The Morgan fingerprint density at radius 1 is 1.04 bits per heavy atom. The van der Waals surface area contributed by atoms with Crippen molar-refractivity contribution in [3.8, 4) is 5.75 Å². The van der Waals surface area contributed by atoms with Crippen LogP contribution in [0.25, 0.3) is 10.9 Å². The number of H-pyrrole nitrogens is 1. The summed E-state index contributed by atoms with van der Waals surface area (Å²) in [6.07, 6.45) is -3.26. The fourth-order valence-corrected chi connectivity index (χ4v) is 6.54. The SMILES string of the molecule is CCC(C)[C@H](NC(=O)NCc1cccc(OC)c1)C(=O)N[C@]1(C(=O)N[C@H](C(N)=S)C(C)CC)CCc2[nH]c3c(C(F)(F)F)cccc3c2C1. The van der Waals surface area contributed by atoms with E-state index in [-0.39, 0.29) is 48.1 Å². The molecule has 0 aliphatic heterocycles. The summed E-state index contributed by atoms with van der Waals surface area (Å²) in [5.74, 6) is -0.994. The molecule has 0 bridgehead atoms. The monoisotopic (exact) mass is 702 g/mol. The summed E-state index contributed by atoms with van der Waals surface area (Å²) in [5.41, 5.74) is 5.40. The van der Waals surface area contributed by atoms with Crippen LogP contribution in [0.5, 0.6) is 5.75 Å². The molecule has 0 spiro atoms. The molecule has 14 heteroatoms. The first-order valence-corrected chi connectivity index (χ1v) is 16.8. The minimum absolute atomic E-state index is 0.0741. The number of hydrogen-bond acceptors (Lipinski definition) is 5. The number of urea groups is 1. The zero-order valence-corrected chi connectivity index (χ0v) is 29.2. The molecule has 49 heavy (non-hydrogen) atoms. The largest absolute Gasteiger partial charge is 0.497 e. The Balaban J connectivity index is 1.67. The molecule has 4 rings (SSSR count). The minimum atomic E-state index is -4.60. The average molecular weight is 703 g/mol. The van der Waals surface area contributed by atoms with Crippen LogP contribution in [0.2, 0.25) is 0 Å². The molecular formula is C35H45F3N6O4S. The predicted octanol–water partition coefficient (Wildman–Crippen LogP) is 5.27. The number of halogens is 3. The number of benzene rings is 2. The minimum Gasteiger partial charge on any atom is -0.497 e. The Kier molecular flexibility index (Phi) is 11.8. The number of aryl methyl sites for hydroxylation is 1. The molecule has 0 saturated heterocycles. The van der Waals surface area contributed by atoms with Crippen LogP contribution in [-0.4, -0.2) is 52.6 Å². The van der Waals surface area contributed by atoms with Gasteiger partial charge in [-0.3, -0.25) is 9.59 Å². The van der Waals surface area contributed by atoms with Crippen molar-refractivity contribution in [3.63, 3.8) is 0 Å². The summed E-state index contributed by atoms with van der Waals surface area (Å²) in [7, 11) is 1.54. The van der Waals surface area contributed by atoms with E-state index in [2.05, 4.69) is 26.3 Å². The van der Waals surface area contributed by atoms with Crippen molar-refractivity contribution in [2.24, 2.45) is 17.6 Å². The number of fused-ring (bicyclic) bond motifs is 3. The van der Waals surface area contributed by atoms with Gasteiger partial charge in [0.05, 0.1) is 29.2 Å². The second-order valence-corrected chi connectivity index (χ2v) is 13.3. The Morgan fingerprint density at radius 2 is 1.71 bits per heavy atom. The molecule has 0 radical (unpaired) electrons. The lowest BCUT2D eigenvalue weighted by Crippen LogP contribution is -2.67. The number of alkyl halides is 3. The van der Waals surface area contributed by atoms with E-state index in [0.29, 0.717) is 35.2 Å². The van der Waals surface area contributed by atoms with E-state index < -0.39 is 47.2 Å². The van der Waals surface area contributed by atoms with Crippen LogP contribution in [0.1, 0.15) is 69.3 Å². The maximum Gasteiger partial charge on any atom is 0.418 e. The molecule has 266 valence electrons. The number of para-hydroxylation sites is 1. The van der Waals surface area contributed by atoms with Crippen LogP contribution in [0.3, 0.4) is 0 Å². The van der Waals surface area contributed by atoms with Crippen LogP contribution in [0.15, 0.2) is 42.5 Å². The standard InChI is InChI=1S/C35H45F3N6O4S/c1-6-19(3)27(30(39)49)42-32(46)34(15-14-26-24(17-34)23-12-9-13-25(29(23)41-26)35(36,37)38)44-31(45)28(20(4)7-2)43-33(47)40-18-21-10-8-11-22(16-21)48-5/h8-13,16,19-20,27-28,41H,6-7,14-15,17-18H2,1-5H3,(H2,39,49)(H,42,46)(H,44,45)(H2,40,43,47)/t19?,20?,27-,28-,34+/m0/s1. The fourth-order valence-electron chi connectivity index (χ4n) is 6.25. The number of hydrogen-bond donors (Lipinski definition) is 6. The first kappa shape index (κ1) is 37.5. The van der Waals surface area contributed by atoms with Crippen molar-refractivity contribution in [1.82, 2.24) is 26.3 Å². The number of thiocarbonyl (C=S) groups is 1. The number of carbonyl (C=O) groups is 3. The van der Waals surface area contributed by atoms with Crippen LogP contribution in [0.4, 0.5) is 18.0 Å².